The number of ether oxygens (including phenoxy) is 1. The van der Waals surface area contributed by atoms with Gasteiger partial charge in [0.25, 0.3) is 5.91 Å². The maximum atomic E-state index is 12.8. The van der Waals surface area contributed by atoms with Gasteiger partial charge in [-0.05, 0) is 64.8 Å². The summed E-state index contributed by atoms with van der Waals surface area (Å²) in [6, 6.07) is 10.6. The predicted molar refractivity (Wildman–Crippen MR) is 117 cm³/mol. The van der Waals surface area contributed by atoms with Crippen LogP contribution in [0.25, 0.3) is 6.08 Å². The highest BCUT2D eigenvalue weighted by atomic mass is 79.9. The van der Waals surface area contributed by atoms with Crippen LogP contribution in [0.1, 0.15) is 12.5 Å². The first-order chi connectivity index (χ1) is 12.4. The van der Waals surface area contributed by atoms with Gasteiger partial charge in [-0.25, -0.2) is 0 Å². The molecule has 0 atom stereocenters. The number of rotatable bonds is 4. The first kappa shape index (κ1) is 19.7. The molecule has 0 spiro atoms. The molecule has 1 amide bonds. The van der Waals surface area contributed by atoms with Crippen LogP contribution in [-0.4, -0.2) is 16.8 Å². The van der Waals surface area contributed by atoms with E-state index in [0.717, 1.165) is 15.8 Å². The molecule has 134 valence electrons. The van der Waals surface area contributed by atoms with Crippen molar-refractivity contribution in [3.63, 3.8) is 0 Å². The second-order valence-corrected chi connectivity index (χ2v) is 8.58. The first-order valence-corrected chi connectivity index (χ1v) is 10.3. The summed E-state index contributed by atoms with van der Waals surface area (Å²) < 4.78 is 6.78. The van der Waals surface area contributed by atoms with E-state index >= 15 is 0 Å². The van der Waals surface area contributed by atoms with E-state index in [2.05, 4.69) is 15.9 Å². The molecule has 0 bridgehead atoms. The summed E-state index contributed by atoms with van der Waals surface area (Å²) >= 11 is 22.1. The fourth-order valence-corrected chi connectivity index (χ4v) is 4.45. The number of thiocarbonyl (C=S) groups is 1. The van der Waals surface area contributed by atoms with E-state index in [9.17, 15) is 4.79 Å². The van der Waals surface area contributed by atoms with Crippen LogP contribution >= 0.6 is 63.1 Å². The van der Waals surface area contributed by atoms with Gasteiger partial charge in [-0.3, -0.25) is 9.69 Å². The third-order valence-corrected chi connectivity index (χ3v) is 6.17. The number of carbonyl (C=O) groups is 1. The number of hydrogen-bond donors (Lipinski definition) is 0. The van der Waals surface area contributed by atoms with E-state index in [1.165, 1.54) is 16.7 Å². The lowest BCUT2D eigenvalue weighted by atomic mass is 10.2. The van der Waals surface area contributed by atoms with E-state index in [1.54, 1.807) is 24.3 Å². The molecule has 1 fully saturated rings. The molecular formula is C18H12BrCl2NO2S2. The third-order valence-electron chi connectivity index (χ3n) is 3.51. The Morgan fingerprint density at radius 2 is 2.00 bits per heavy atom. The molecule has 26 heavy (non-hydrogen) atoms. The largest absolute Gasteiger partial charge is 0.493 e. The topological polar surface area (TPSA) is 29.5 Å². The summed E-state index contributed by atoms with van der Waals surface area (Å²) in [5.41, 5.74) is 1.47. The highest BCUT2D eigenvalue weighted by Gasteiger charge is 2.33. The van der Waals surface area contributed by atoms with Crippen LogP contribution in [0.2, 0.25) is 10.0 Å². The minimum Gasteiger partial charge on any atom is -0.493 e. The van der Waals surface area contributed by atoms with Crippen LogP contribution in [0.15, 0.2) is 45.8 Å². The molecular weight excluding hydrogens is 477 g/mol. The quantitative estimate of drug-likeness (QED) is 0.360. The Labute approximate surface area is 179 Å². The first-order valence-electron chi connectivity index (χ1n) is 7.56. The zero-order valence-corrected chi connectivity index (χ0v) is 18.2. The molecule has 3 nitrogen and oxygen atoms in total. The summed E-state index contributed by atoms with van der Waals surface area (Å²) in [5.74, 6) is 0.566. The number of amides is 1. The maximum Gasteiger partial charge on any atom is 0.270 e. The van der Waals surface area contributed by atoms with E-state index in [0.29, 0.717) is 31.6 Å². The molecule has 0 radical (unpaired) electrons. The Kier molecular flexibility index (Phi) is 6.30. The second-order valence-electron chi connectivity index (χ2n) is 5.24. The van der Waals surface area contributed by atoms with Gasteiger partial charge in [0.2, 0.25) is 0 Å². The SMILES string of the molecule is CCOc1ccc(/C=C2/SC(=S)N(c3ccc(Cl)c(Cl)c3)C2=O)cc1Br. The van der Waals surface area contributed by atoms with Crippen LogP contribution in [0.4, 0.5) is 5.69 Å². The van der Waals surface area contributed by atoms with E-state index in [-0.39, 0.29) is 5.91 Å². The van der Waals surface area contributed by atoms with Crippen molar-refractivity contribution in [2.75, 3.05) is 11.5 Å². The molecule has 0 aromatic heterocycles. The molecule has 3 rings (SSSR count). The number of halogens is 3. The molecule has 1 heterocycles. The third kappa shape index (κ3) is 4.10. The van der Waals surface area contributed by atoms with Crippen molar-refractivity contribution in [1.82, 2.24) is 0 Å². The highest BCUT2D eigenvalue weighted by Crippen LogP contribution is 2.38. The Hall–Kier alpha value is -1.05. The lowest BCUT2D eigenvalue weighted by Gasteiger charge is -2.15. The lowest BCUT2D eigenvalue weighted by Crippen LogP contribution is -2.27. The van der Waals surface area contributed by atoms with Crippen LogP contribution in [0.5, 0.6) is 5.75 Å². The van der Waals surface area contributed by atoms with Crippen LogP contribution in [-0.2, 0) is 4.79 Å². The highest BCUT2D eigenvalue weighted by molar-refractivity contribution is 9.10. The van der Waals surface area contributed by atoms with Gasteiger partial charge in [0.15, 0.2) is 4.32 Å². The van der Waals surface area contributed by atoms with Crippen LogP contribution in [0.3, 0.4) is 0 Å². The minimum atomic E-state index is -0.191. The van der Waals surface area contributed by atoms with Crippen molar-refractivity contribution in [3.05, 3.63) is 61.4 Å². The number of thioether (sulfide) groups is 1. The molecule has 0 unspecified atom stereocenters. The van der Waals surface area contributed by atoms with Crippen molar-refractivity contribution in [1.29, 1.82) is 0 Å². The Morgan fingerprint density at radius 3 is 2.65 bits per heavy atom. The van der Waals surface area contributed by atoms with Crippen molar-refractivity contribution in [3.8, 4) is 5.75 Å². The Morgan fingerprint density at radius 1 is 1.23 bits per heavy atom. The molecule has 2 aromatic carbocycles. The maximum absolute atomic E-state index is 12.8. The monoisotopic (exact) mass is 487 g/mol. The zero-order chi connectivity index (χ0) is 18.8. The number of anilines is 1. The molecule has 2 aromatic rings. The van der Waals surface area contributed by atoms with Crippen LogP contribution in [0, 0.1) is 0 Å². The summed E-state index contributed by atoms with van der Waals surface area (Å²) in [6.45, 7) is 2.51. The molecule has 1 saturated heterocycles. The van der Waals surface area contributed by atoms with Gasteiger partial charge in [-0.2, -0.15) is 0 Å². The molecule has 1 aliphatic rings. The van der Waals surface area contributed by atoms with Gasteiger partial charge in [0.1, 0.15) is 5.75 Å². The Balaban J connectivity index is 1.89. The van der Waals surface area contributed by atoms with E-state index in [1.807, 2.05) is 25.1 Å². The summed E-state index contributed by atoms with van der Waals surface area (Å²) in [4.78, 5) is 14.8. The second kappa shape index (κ2) is 8.31. The van der Waals surface area contributed by atoms with Gasteiger partial charge in [-0.1, -0.05) is 53.2 Å². The molecule has 0 aliphatic carbocycles. The van der Waals surface area contributed by atoms with Gasteiger partial charge in [0.05, 0.1) is 31.7 Å². The lowest BCUT2D eigenvalue weighted by molar-refractivity contribution is -0.113. The van der Waals surface area contributed by atoms with Crippen LogP contribution < -0.4 is 9.64 Å². The number of benzene rings is 2. The number of carbonyl (C=O) groups excluding carboxylic acids is 1. The average molecular weight is 489 g/mol. The van der Waals surface area contributed by atoms with Crippen molar-refractivity contribution >= 4 is 85.1 Å². The van der Waals surface area contributed by atoms with Crippen molar-refractivity contribution < 1.29 is 9.53 Å². The Bertz CT molecular complexity index is 933. The summed E-state index contributed by atoms with van der Waals surface area (Å²) in [5, 5.41) is 0.799. The molecule has 8 heteroatoms. The predicted octanol–water partition coefficient (Wildman–Crippen LogP) is 6.56. The van der Waals surface area contributed by atoms with E-state index in [4.69, 9.17) is 40.2 Å². The number of nitrogens with zero attached hydrogens (tertiary/aromatic N) is 1. The van der Waals surface area contributed by atoms with Gasteiger partial charge in [0, 0.05) is 0 Å². The minimum absolute atomic E-state index is 0.191. The van der Waals surface area contributed by atoms with Gasteiger partial charge in [-0.15, -0.1) is 0 Å². The number of hydrogen-bond acceptors (Lipinski definition) is 4. The summed E-state index contributed by atoms with van der Waals surface area (Å²) in [7, 11) is 0. The average Bonchev–Trinajstić information content (AvgIpc) is 2.87. The standard InChI is InChI=1S/C18H12BrCl2NO2S2/c1-2-24-15-6-3-10(7-12(15)19)8-16-17(23)22(18(25)26-16)11-4-5-13(20)14(21)9-11/h3-9H,2H2,1H3/b16-8+. The molecule has 1 aliphatic heterocycles. The van der Waals surface area contributed by atoms with Crippen molar-refractivity contribution in [2.45, 2.75) is 6.92 Å². The van der Waals surface area contributed by atoms with Gasteiger partial charge >= 0.3 is 0 Å². The van der Waals surface area contributed by atoms with E-state index < -0.39 is 0 Å². The van der Waals surface area contributed by atoms with Crippen molar-refractivity contribution in [2.24, 2.45) is 0 Å². The fraction of sp³-hybridized carbons (Fsp3) is 0.111. The molecule has 0 N–H and O–H groups in total. The fourth-order valence-electron chi connectivity index (χ4n) is 2.35. The molecule has 0 saturated carbocycles. The van der Waals surface area contributed by atoms with Gasteiger partial charge < -0.3 is 4.74 Å². The zero-order valence-electron chi connectivity index (χ0n) is 13.5. The smallest absolute Gasteiger partial charge is 0.270 e. The summed E-state index contributed by atoms with van der Waals surface area (Å²) in [6.07, 6.45) is 1.80. The normalized spacial score (nSPS) is 15.8.